The number of benzene rings is 4. The number of aliphatic hydroxyl groups is 2. The van der Waals surface area contributed by atoms with Gasteiger partial charge in [-0.25, -0.2) is 9.13 Å². The molecule has 24 nitrogen and oxygen atoms in total. The minimum Gasteiger partial charge on any atom is -0.464 e. The van der Waals surface area contributed by atoms with Crippen molar-refractivity contribution >= 4 is 60.8 Å². The number of carbonyl (C=O) groups is 4. The Balaban J connectivity index is 0.000000249. The van der Waals surface area contributed by atoms with Crippen LogP contribution in [-0.4, -0.2) is 115 Å². The first-order valence-electron chi connectivity index (χ1n) is 28.3. The molecule has 6 unspecified atom stereocenters. The molecule has 3 saturated heterocycles. The average molecular weight is 1260 g/mol. The Morgan fingerprint density at radius 2 is 1.00 bits per heavy atom. The van der Waals surface area contributed by atoms with Gasteiger partial charge in [0.05, 0.1) is 26.4 Å². The van der Waals surface area contributed by atoms with E-state index < -0.39 is 113 Å². The summed E-state index contributed by atoms with van der Waals surface area (Å²) in [6.45, 7) is 17.7. The molecule has 4 aromatic carbocycles. The first-order valence-corrected chi connectivity index (χ1v) is 31.3. The van der Waals surface area contributed by atoms with Crippen LogP contribution in [0.15, 0.2) is 134 Å². The predicted molar refractivity (Wildman–Crippen MR) is 323 cm³/mol. The summed E-state index contributed by atoms with van der Waals surface area (Å²) >= 11 is 0. The molecule has 0 radical (unpaired) electrons. The van der Waals surface area contributed by atoms with E-state index in [-0.39, 0.29) is 49.4 Å². The summed E-state index contributed by atoms with van der Waals surface area (Å²) in [6, 6.07) is 29.6. The highest BCUT2D eigenvalue weighted by atomic mass is 31.2. The van der Waals surface area contributed by atoms with Crippen molar-refractivity contribution in [2.45, 2.75) is 144 Å². The van der Waals surface area contributed by atoms with Crippen LogP contribution in [0.4, 0.5) is 0 Å². The molecule has 476 valence electrons. The Morgan fingerprint density at radius 1 is 0.591 bits per heavy atom. The van der Waals surface area contributed by atoms with E-state index in [4.69, 9.17) is 58.0 Å². The summed E-state index contributed by atoms with van der Waals surface area (Å²) < 4.78 is 90.8. The molecule has 6 aromatic rings. The number of aromatic nitrogens is 2. The summed E-state index contributed by atoms with van der Waals surface area (Å²) in [5.74, 6) is -2.92. The van der Waals surface area contributed by atoms with Crippen molar-refractivity contribution in [2.75, 3.05) is 26.4 Å². The highest BCUT2D eigenvalue weighted by Crippen LogP contribution is 2.50. The number of ether oxygens (including phenoxy) is 6. The van der Waals surface area contributed by atoms with Crippen LogP contribution >= 0.6 is 15.5 Å². The van der Waals surface area contributed by atoms with Crippen LogP contribution in [0, 0.1) is 10.8 Å². The SMILES string of the molecule is C.CC(NP(=O)(OCC1O[C@@H]([n+]2cccc(C(N)=O)c2)[C@@H]2OC(C)(C)O[C@H]12)Oc1cccc2ccccc12)C(=O)OCC(C)(C)C.CC(NP(=O)(OCC1O[C@@H]([n+]2cccc(C(N)=O)c2)[C@H](O)[C@@H]1O)Oc1cccc2ccccc12)C(=O)OCC(C)(C)C. The van der Waals surface area contributed by atoms with Crippen molar-refractivity contribution in [3.63, 3.8) is 0 Å². The van der Waals surface area contributed by atoms with Gasteiger partial charge in [-0.3, -0.25) is 28.2 Å². The lowest BCUT2D eigenvalue weighted by Crippen LogP contribution is -2.46. The molecule has 2 aromatic heterocycles. The van der Waals surface area contributed by atoms with E-state index in [0.29, 0.717) is 22.1 Å². The maximum atomic E-state index is 14.4. The summed E-state index contributed by atoms with van der Waals surface area (Å²) in [7, 11) is -8.57. The largest absolute Gasteiger partial charge is 0.464 e. The highest BCUT2D eigenvalue weighted by molar-refractivity contribution is 7.52. The number of nitrogens with two attached hydrogens (primary N) is 2. The number of carbonyl (C=O) groups excluding carboxylic acids is 4. The van der Waals surface area contributed by atoms with E-state index in [1.807, 2.05) is 90.1 Å². The van der Waals surface area contributed by atoms with E-state index >= 15 is 0 Å². The standard InChI is InChI=1S/C32H40N3O9P.C29H36N3O9P.CH4/c1-20(30(37)39-19-31(2,3)4)34-45(38,44-24-15-9-12-21-11-7-8-14-23(21)24)40-18-25-26-27(43-32(5,6)42-26)29(41-25)35-16-10-13-22(17-35)28(33)36;1-18(28(36)38-17-29(2,3)4)31-42(37,41-22-13-7-10-19-9-5-6-12-21(19)22)39-16-23-24(33)25(34)27(40-23)32-14-8-11-20(15-32)26(30)35;/h7-17,20,25-27,29H,18-19H2,1-6H3,(H2-,33,34,36,38);5-15,18,23-25,27,33-34H,16-17H2,1-4H3,(H2-,30,31,35,37);1H4/p+2/t20?,25?,26-,27-,29-,45?;18?,23?,24-,25-,27-,42?;/m11./s1. The molecule has 88 heavy (non-hydrogen) atoms. The number of hydrogen-bond donors (Lipinski definition) is 6. The number of rotatable bonds is 22. The molecule has 0 spiro atoms. The molecule has 12 atom stereocenters. The van der Waals surface area contributed by atoms with Crippen LogP contribution in [0.5, 0.6) is 11.5 Å². The molecule has 26 heteroatoms. The van der Waals surface area contributed by atoms with Crippen molar-refractivity contribution in [1.29, 1.82) is 0 Å². The topological polar surface area (TPSA) is 319 Å². The average Bonchev–Trinajstić information content (AvgIpc) is 1.90. The van der Waals surface area contributed by atoms with Gasteiger partial charge in [0.15, 0.2) is 42.8 Å². The number of nitrogens with zero attached hydrogens (tertiary/aromatic N) is 2. The first kappa shape index (κ1) is 68.7. The van der Waals surface area contributed by atoms with Crippen molar-refractivity contribution in [3.05, 3.63) is 145 Å². The minimum atomic E-state index is -4.32. The molecule has 9 rings (SSSR count). The number of esters is 2. The Morgan fingerprint density at radius 3 is 1.45 bits per heavy atom. The third-order valence-electron chi connectivity index (χ3n) is 13.7. The van der Waals surface area contributed by atoms with E-state index in [2.05, 4.69) is 10.2 Å². The van der Waals surface area contributed by atoms with Crippen LogP contribution in [0.2, 0.25) is 0 Å². The number of amides is 2. The highest BCUT2D eigenvalue weighted by Gasteiger charge is 2.60. The maximum absolute atomic E-state index is 14.4. The van der Waals surface area contributed by atoms with Gasteiger partial charge in [-0.15, -0.1) is 0 Å². The van der Waals surface area contributed by atoms with Crippen LogP contribution in [0.25, 0.3) is 21.5 Å². The second-order valence-electron chi connectivity index (χ2n) is 24.2. The number of hydrogen-bond acceptors (Lipinski definition) is 18. The van der Waals surface area contributed by atoms with Gasteiger partial charge in [0.1, 0.15) is 59.1 Å². The Labute approximate surface area is 512 Å². The molecule has 0 saturated carbocycles. The molecule has 0 bridgehead atoms. The minimum absolute atomic E-state index is 0. The molecule has 3 aliphatic heterocycles. The molecular weight excluding hydrogens is 1180 g/mol. The molecule has 5 heterocycles. The number of pyridine rings is 2. The normalized spacial score (nSPS) is 23.4. The first-order chi connectivity index (χ1) is 40.9. The lowest BCUT2D eigenvalue weighted by Gasteiger charge is -2.26. The molecule has 3 fully saturated rings. The van der Waals surface area contributed by atoms with Gasteiger partial charge in [-0.2, -0.15) is 19.3 Å². The van der Waals surface area contributed by atoms with E-state index in [1.165, 1.54) is 36.9 Å². The molecule has 2 amide bonds. The molecule has 0 aliphatic carbocycles. The Hall–Kier alpha value is -6.76. The third kappa shape index (κ3) is 17.8. The van der Waals surface area contributed by atoms with Gasteiger partial charge in [0, 0.05) is 22.9 Å². The van der Waals surface area contributed by atoms with Crippen molar-refractivity contribution in [2.24, 2.45) is 22.3 Å². The second-order valence-corrected chi connectivity index (χ2v) is 27.6. The Kier molecular flexibility index (Phi) is 22.2. The van der Waals surface area contributed by atoms with Crippen LogP contribution in [0.3, 0.4) is 0 Å². The maximum Gasteiger partial charge on any atom is 0.459 e. The monoisotopic (exact) mass is 1260 g/mol. The van der Waals surface area contributed by atoms with Gasteiger partial charge in [0.2, 0.25) is 0 Å². The second kappa shape index (κ2) is 28.4. The molecule has 8 N–H and O–H groups in total. The summed E-state index contributed by atoms with van der Waals surface area (Å²) in [5, 5.41) is 29.9. The smallest absolute Gasteiger partial charge is 0.459 e. The zero-order valence-electron chi connectivity index (χ0n) is 50.2. The predicted octanol–water partition coefficient (Wildman–Crippen LogP) is 7.67. The van der Waals surface area contributed by atoms with Crippen molar-refractivity contribution < 1.29 is 94.2 Å². The third-order valence-corrected chi connectivity index (χ3v) is 17.0. The Bertz CT molecular complexity index is 3530. The van der Waals surface area contributed by atoms with Crippen LogP contribution < -0.4 is 39.8 Å². The molecule has 3 aliphatic rings. The fraction of sp³-hybridized carbons (Fsp3) is 0.452. The van der Waals surface area contributed by atoms with Gasteiger partial charge in [0.25, 0.3) is 24.3 Å². The quantitative estimate of drug-likeness (QED) is 0.0216. The number of nitrogens with one attached hydrogen (secondary N) is 2. The lowest BCUT2D eigenvalue weighted by atomic mass is 9.99. The van der Waals surface area contributed by atoms with Gasteiger partial charge < -0.3 is 59.1 Å². The fourth-order valence-corrected chi connectivity index (χ4v) is 12.5. The zero-order valence-corrected chi connectivity index (χ0v) is 52.0. The lowest BCUT2D eigenvalue weighted by molar-refractivity contribution is -0.766. The van der Waals surface area contributed by atoms with E-state index in [1.54, 1.807) is 85.4 Å². The zero-order chi connectivity index (χ0) is 63.2. The number of fused-ring (bicyclic) bond motifs is 3. The number of primary amides is 2. The summed E-state index contributed by atoms with van der Waals surface area (Å²) in [4.78, 5) is 49.0. The van der Waals surface area contributed by atoms with Gasteiger partial charge in [-0.1, -0.05) is 122 Å². The summed E-state index contributed by atoms with van der Waals surface area (Å²) in [6.07, 6.45) is -1.54. The van der Waals surface area contributed by atoms with Crippen LogP contribution in [-0.2, 0) is 56.2 Å². The van der Waals surface area contributed by atoms with E-state index in [9.17, 15) is 38.5 Å². The van der Waals surface area contributed by atoms with Crippen molar-refractivity contribution in [3.8, 4) is 11.5 Å². The van der Waals surface area contributed by atoms with E-state index in [0.717, 1.165) is 10.8 Å². The van der Waals surface area contributed by atoms with Crippen molar-refractivity contribution in [1.82, 2.24) is 10.2 Å². The van der Waals surface area contributed by atoms with Crippen LogP contribution in [0.1, 0.15) is 110 Å². The van der Waals surface area contributed by atoms with Gasteiger partial charge >= 0.3 is 27.4 Å². The van der Waals surface area contributed by atoms with Gasteiger partial charge in [-0.05, 0) is 73.6 Å². The summed E-state index contributed by atoms with van der Waals surface area (Å²) in [5.41, 5.74) is 10.8. The number of aliphatic hydroxyl groups excluding tert-OH is 2. The fourth-order valence-electron chi connectivity index (χ4n) is 9.48. The molecular formula is C62H82N6O18P2+2.